The normalized spacial score (nSPS) is 9.94. The summed E-state index contributed by atoms with van der Waals surface area (Å²) in [6, 6.07) is 3.23. The van der Waals surface area contributed by atoms with Gasteiger partial charge in [-0.25, -0.2) is 0 Å². The number of carbonyl (C=O) groups excluding carboxylic acids is 1. The summed E-state index contributed by atoms with van der Waals surface area (Å²) in [6.07, 6.45) is 0. The summed E-state index contributed by atoms with van der Waals surface area (Å²) in [6.45, 7) is 3.59. The lowest BCUT2D eigenvalue weighted by Gasteiger charge is -2.17. The van der Waals surface area contributed by atoms with Crippen LogP contribution in [-0.2, 0) is 9.53 Å². The Morgan fingerprint density at radius 2 is 2.22 bits per heavy atom. The largest absolute Gasteiger partial charge is 0.465 e. The van der Waals surface area contributed by atoms with Crippen molar-refractivity contribution < 1.29 is 14.5 Å². The van der Waals surface area contributed by atoms with E-state index in [0.29, 0.717) is 11.4 Å². The fourth-order valence-corrected chi connectivity index (χ4v) is 1.45. The van der Waals surface area contributed by atoms with Crippen LogP contribution in [0.2, 0.25) is 0 Å². The van der Waals surface area contributed by atoms with Crippen molar-refractivity contribution in [2.45, 2.75) is 13.8 Å². The van der Waals surface area contributed by atoms with Crippen LogP contribution in [0.1, 0.15) is 12.6 Å². The molecular formula is C11H15N3O4. The zero-order chi connectivity index (χ0) is 13.7. The quantitative estimate of drug-likeness (QED) is 0.446. The lowest BCUT2D eigenvalue weighted by atomic mass is 10.3. The van der Waals surface area contributed by atoms with Crippen LogP contribution in [-0.4, -0.2) is 36.1 Å². The molecule has 0 unspecified atom stereocenters. The lowest BCUT2D eigenvalue weighted by molar-refractivity contribution is -0.388. The van der Waals surface area contributed by atoms with Crippen molar-refractivity contribution in [1.82, 2.24) is 4.98 Å². The summed E-state index contributed by atoms with van der Waals surface area (Å²) >= 11 is 0. The van der Waals surface area contributed by atoms with Crippen molar-refractivity contribution in [1.29, 1.82) is 0 Å². The maximum atomic E-state index is 11.3. The number of pyridine rings is 1. The van der Waals surface area contributed by atoms with E-state index in [1.807, 2.05) is 0 Å². The lowest BCUT2D eigenvalue weighted by Crippen LogP contribution is -2.27. The minimum absolute atomic E-state index is 0.0561. The highest BCUT2D eigenvalue weighted by atomic mass is 16.6. The van der Waals surface area contributed by atoms with E-state index in [1.54, 1.807) is 33.0 Å². The molecule has 7 heteroatoms. The van der Waals surface area contributed by atoms with Crippen LogP contribution in [0, 0.1) is 17.0 Å². The number of carbonyl (C=O) groups is 1. The van der Waals surface area contributed by atoms with E-state index >= 15 is 0 Å². The maximum absolute atomic E-state index is 11.3. The van der Waals surface area contributed by atoms with Crippen molar-refractivity contribution in [2.24, 2.45) is 0 Å². The summed E-state index contributed by atoms with van der Waals surface area (Å²) < 4.78 is 4.79. The Balaban J connectivity index is 2.94. The number of hydrogen-bond donors (Lipinski definition) is 0. The number of hydrogen-bond acceptors (Lipinski definition) is 6. The van der Waals surface area contributed by atoms with Gasteiger partial charge >= 0.3 is 11.8 Å². The second kappa shape index (κ2) is 5.95. The first kappa shape index (κ1) is 13.9. The van der Waals surface area contributed by atoms with Crippen LogP contribution >= 0.6 is 0 Å². The summed E-state index contributed by atoms with van der Waals surface area (Å²) in [4.78, 5) is 26.9. The number of aromatic nitrogens is 1. The molecule has 0 radical (unpaired) electrons. The molecule has 1 heterocycles. The van der Waals surface area contributed by atoms with E-state index in [9.17, 15) is 14.9 Å². The van der Waals surface area contributed by atoms with E-state index in [-0.39, 0.29) is 19.0 Å². The molecule has 1 aromatic rings. The highest BCUT2D eigenvalue weighted by Crippen LogP contribution is 2.24. The van der Waals surface area contributed by atoms with E-state index in [2.05, 4.69) is 4.98 Å². The number of esters is 1. The van der Waals surface area contributed by atoms with Gasteiger partial charge in [0.2, 0.25) is 0 Å². The van der Waals surface area contributed by atoms with Crippen LogP contribution < -0.4 is 4.90 Å². The Bertz CT molecular complexity index is 462. The zero-order valence-electron chi connectivity index (χ0n) is 10.5. The number of aryl methyl sites for hydroxylation is 1. The molecule has 0 saturated heterocycles. The van der Waals surface area contributed by atoms with Crippen LogP contribution in [0.25, 0.3) is 0 Å². The standard InChI is InChI=1S/C11H15N3O4/c1-4-18-10(15)7-13(3)9-6-5-8(2)12-11(9)14(16)17/h5-6H,4,7H2,1-3H3. The highest BCUT2D eigenvalue weighted by molar-refractivity contribution is 5.77. The number of nitrogens with zero attached hydrogens (tertiary/aromatic N) is 3. The smallest absolute Gasteiger partial charge is 0.387 e. The average Bonchev–Trinajstić information content (AvgIpc) is 2.28. The first-order chi connectivity index (χ1) is 8.45. The SMILES string of the molecule is CCOC(=O)CN(C)c1ccc(C)nc1[N+](=O)[O-]. The first-order valence-corrected chi connectivity index (χ1v) is 5.44. The Hall–Kier alpha value is -2.18. The number of ether oxygens (including phenoxy) is 1. The predicted molar refractivity (Wildman–Crippen MR) is 65.5 cm³/mol. The second-order valence-electron chi connectivity index (χ2n) is 3.71. The fraction of sp³-hybridized carbons (Fsp3) is 0.455. The third-order valence-corrected chi connectivity index (χ3v) is 2.25. The van der Waals surface area contributed by atoms with Crippen molar-refractivity contribution in [3.05, 3.63) is 27.9 Å². The third kappa shape index (κ3) is 3.41. The summed E-state index contributed by atoms with van der Waals surface area (Å²) in [5.74, 6) is -0.698. The molecule has 0 aliphatic carbocycles. The molecule has 0 fully saturated rings. The molecule has 1 aromatic heterocycles. The van der Waals surface area contributed by atoms with Gasteiger partial charge in [0, 0.05) is 14.0 Å². The molecule has 18 heavy (non-hydrogen) atoms. The third-order valence-electron chi connectivity index (χ3n) is 2.25. The maximum Gasteiger partial charge on any atom is 0.387 e. The first-order valence-electron chi connectivity index (χ1n) is 5.44. The number of anilines is 1. The van der Waals surface area contributed by atoms with Crippen LogP contribution in [0.3, 0.4) is 0 Å². The molecule has 0 spiro atoms. The molecule has 0 aliphatic heterocycles. The second-order valence-corrected chi connectivity index (χ2v) is 3.71. The zero-order valence-corrected chi connectivity index (χ0v) is 10.5. The Kier molecular flexibility index (Phi) is 4.59. The van der Waals surface area contributed by atoms with Gasteiger partial charge in [-0.15, -0.1) is 0 Å². The Morgan fingerprint density at radius 1 is 1.56 bits per heavy atom. The minimum atomic E-state index is -0.565. The summed E-state index contributed by atoms with van der Waals surface area (Å²) in [5, 5.41) is 10.9. The van der Waals surface area contributed by atoms with Crippen molar-refractivity contribution in [3.63, 3.8) is 0 Å². The molecule has 0 saturated carbocycles. The fourth-order valence-electron chi connectivity index (χ4n) is 1.45. The molecule has 1 rings (SSSR count). The minimum Gasteiger partial charge on any atom is -0.465 e. The number of nitro groups is 1. The number of likely N-dealkylation sites (N-methyl/N-ethyl adjacent to an activating group) is 1. The van der Waals surface area contributed by atoms with Crippen LogP contribution in [0.15, 0.2) is 12.1 Å². The summed E-state index contributed by atoms with van der Waals surface area (Å²) in [7, 11) is 1.58. The average molecular weight is 253 g/mol. The van der Waals surface area contributed by atoms with Crippen LogP contribution in [0.5, 0.6) is 0 Å². The highest BCUT2D eigenvalue weighted by Gasteiger charge is 2.21. The van der Waals surface area contributed by atoms with E-state index < -0.39 is 10.9 Å². The molecule has 0 atom stereocenters. The van der Waals surface area contributed by atoms with E-state index in [4.69, 9.17) is 4.74 Å². The number of rotatable bonds is 5. The summed E-state index contributed by atoms with van der Waals surface area (Å²) in [5.41, 5.74) is 0.841. The van der Waals surface area contributed by atoms with Gasteiger partial charge in [0.25, 0.3) is 0 Å². The van der Waals surface area contributed by atoms with Crippen molar-refractivity contribution >= 4 is 17.5 Å². The monoisotopic (exact) mass is 253 g/mol. The molecule has 0 amide bonds. The van der Waals surface area contributed by atoms with Crippen LogP contribution in [0.4, 0.5) is 11.5 Å². The molecule has 7 nitrogen and oxygen atoms in total. The Morgan fingerprint density at radius 3 is 2.78 bits per heavy atom. The van der Waals surface area contributed by atoms with Gasteiger partial charge in [-0.2, -0.15) is 0 Å². The van der Waals surface area contributed by atoms with Crippen molar-refractivity contribution in [2.75, 3.05) is 25.1 Å². The Labute approximate surface area is 105 Å². The van der Waals surface area contributed by atoms with Gasteiger partial charge < -0.3 is 19.8 Å². The molecule has 0 N–H and O–H groups in total. The van der Waals surface area contributed by atoms with Gasteiger partial charge in [0.1, 0.15) is 17.9 Å². The molecule has 0 aromatic carbocycles. The predicted octanol–water partition coefficient (Wildman–Crippen LogP) is 1.30. The molecule has 0 bridgehead atoms. The van der Waals surface area contributed by atoms with Gasteiger partial charge in [-0.05, 0) is 29.0 Å². The van der Waals surface area contributed by atoms with Gasteiger partial charge in [0.15, 0.2) is 0 Å². The van der Waals surface area contributed by atoms with Gasteiger partial charge in [-0.1, -0.05) is 0 Å². The molecular weight excluding hydrogens is 238 g/mol. The molecule has 98 valence electrons. The topological polar surface area (TPSA) is 85.6 Å². The van der Waals surface area contributed by atoms with Gasteiger partial charge in [0.05, 0.1) is 6.61 Å². The molecule has 0 aliphatic rings. The van der Waals surface area contributed by atoms with Gasteiger partial charge in [-0.3, -0.25) is 4.79 Å². The van der Waals surface area contributed by atoms with Crippen molar-refractivity contribution in [3.8, 4) is 0 Å². The van der Waals surface area contributed by atoms with E-state index in [1.165, 1.54) is 4.90 Å². The van der Waals surface area contributed by atoms with E-state index in [0.717, 1.165) is 0 Å².